The van der Waals surface area contributed by atoms with Crippen molar-refractivity contribution in [2.24, 2.45) is 0 Å². The van der Waals surface area contributed by atoms with Gasteiger partial charge in [0.1, 0.15) is 17.9 Å². The molecule has 0 amide bonds. The molecule has 2 aromatic heterocycles. The van der Waals surface area contributed by atoms with Gasteiger partial charge in [-0.2, -0.15) is 13.2 Å². The van der Waals surface area contributed by atoms with Gasteiger partial charge < -0.3 is 29.7 Å². The molecule has 5 rings (SSSR count). The number of nitrogens with zero attached hydrogens (tertiary/aromatic N) is 1. The van der Waals surface area contributed by atoms with Gasteiger partial charge in [0.25, 0.3) is 0 Å². The molecule has 6 nitrogen and oxygen atoms in total. The van der Waals surface area contributed by atoms with Gasteiger partial charge in [0.05, 0.1) is 36.1 Å². The summed E-state index contributed by atoms with van der Waals surface area (Å²) in [6.07, 6.45) is 6.06. The molecule has 1 aromatic carbocycles. The average molecular weight is 577 g/mol. The summed E-state index contributed by atoms with van der Waals surface area (Å²) in [5.41, 5.74) is -2.00. The Hall–Kier alpha value is -2.73. The van der Waals surface area contributed by atoms with E-state index in [-0.39, 0.29) is 29.4 Å². The second kappa shape index (κ2) is 11.0. The summed E-state index contributed by atoms with van der Waals surface area (Å²) >= 11 is -0.152. The monoisotopic (exact) mass is 576 g/mol. The van der Waals surface area contributed by atoms with Crippen LogP contribution >= 0.6 is 18.9 Å². The van der Waals surface area contributed by atoms with Crippen molar-refractivity contribution >= 4 is 41.1 Å². The number of pyridine rings is 1. The highest BCUT2D eigenvalue weighted by atomic mass is 32.2. The zero-order valence-electron chi connectivity index (χ0n) is 22.1. The minimum absolute atomic E-state index is 0.0416. The minimum atomic E-state index is -4.45. The maximum Gasteiger partial charge on any atom is 0.447 e. The highest BCUT2D eigenvalue weighted by Gasteiger charge is 2.36. The number of methoxy groups -OCH3 is 1. The summed E-state index contributed by atoms with van der Waals surface area (Å²) in [4.78, 5) is 0. The van der Waals surface area contributed by atoms with Gasteiger partial charge in [-0.3, -0.25) is 0 Å². The Morgan fingerprint density at radius 1 is 1.15 bits per heavy atom. The van der Waals surface area contributed by atoms with Gasteiger partial charge in [-0.1, -0.05) is 11.8 Å². The SMILES string of the molecule is COc1cc(P(C)(C)=O)ccc1NCC#Cc1cc2c(N[C@@H]3CC[C@H]4CC[C@H]3N4)cccn2c1SC(F)(F)F. The third-order valence-electron chi connectivity index (χ3n) is 7.30. The van der Waals surface area contributed by atoms with Crippen molar-refractivity contribution in [1.29, 1.82) is 0 Å². The number of nitrogens with one attached hydrogen (secondary N) is 3. The molecule has 2 saturated heterocycles. The molecule has 2 aliphatic rings. The Kier molecular flexibility index (Phi) is 7.87. The summed E-state index contributed by atoms with van der Waals surface area (Å²) < 4.78 is 60.0. The van der Waals surface area contributed by atoms with Crippen molar-refractivity contribution in [2.45, 2.75) is 54.3 Å². The molecule has 0 unspecified atom stereocenters. The van der Waals surface area contributed by atoms with Gasteiger partial charge in [-0.15, -0.1) is 0 Å². The van der Waals surface area contributed by atoms with Crippen molar-refractivity contribution in [2.75, 3.05) is 37.6 Å². The van der Waals surface area contributed by atoms with E-state index in [1.54, 1.807) is 54.3 Å². The predicted octanol–water partition coefficient (Wildman–Crippen LogP) is 5.97. The van der Waals surface area contributed by atoms with Gasteiger partial charge in [-0.25, -0.2) is 0 Å². The van der Waals surface area contributed by atoms with E-state index >= 15 is 0 Å². The minimum Gasteiger partial charge on any atom is -0.495 e. The number of halogens is 3. The van der Waals surface area contributed by atoms with Gasteiger partial charge in [0.15, 0.2) is 0 Å². The molecule has 208 valence electrons. The summed E-state index contributed by atoms with van der Waals surface area (Å²) in [7, 11) is -0.920. The average Bonchev–Trinajstić information content (AvgIpc) is 3.43. The summed E-state index contributed by atoms with van der Waals surface area (Å²) in [5.74, 6) is 6.44. The Bertz CT molecular complexity index is 1470. The molecule has 0 spiro atoms. The normalized spacial score (nSPS) is 20.9. The van der Waals surface area contributed by atoms with Crippen LogP contribution in [0.4, 0.5) is 24.5 Å². The third kappa shape index (κ3) is 6.37. The molecular formula is C28H32F3N4O2PS. The molecule has 0 aliphatic carbocycles. The number of aromatic nitrogens is 1. The van der Waals surface area contributed by atoms with Crippen LogP contribution < -0.4 is 26.0 Å². The molecule has 39 heavy (non-hydrogen) atoms. The number of benzene rings is 1. The first-order valence-electron chi connectivity index (χ1n) is 12.9. The molecule has 3 atom stereocenters. The van der Waals surface area contributed by atoms with Crippen LogP contribution in [0.1, 0.15) is 31.2 Å². The van der Waals surface area contributed by atoms with Crippen LogP contribution in [0, 0.1) is 11.8 Å². The number of hydrogen-bond acceptors (Lipinski definition) is 6. The molecule has 2 bridgehead atoms. The Morgan fingerprint density at radius 2 is 1.95 bits per heavy atom. The number of ether oxygens (including phenoxy) is 1. The van der Waals surface area contributed by atoms with Crippen LogP contribution in [-0.2, 0) is 4.57 Å². The zero-order valence-corrected chi connectivity index (χ0v) is 23.8. The lowest BCUT2D eigenvalue weighted by Gasteiger charge is -2.31. The van der Waals surface area contributed by atoms with E-state index in [1.807, 2.05) is 6.07 Å². The van der Waals surface area contributed by atoms with E-state index in [0.29, 0.717) is 39.9 Å². The van der Waals surface area contributed by atoms with Crippen molar-refractivity contribution in [3.05, 3.63) is 48.2 Å². The fourth-order valence-electron chi connectivity index (χ4n) is 5.39. The molecule has 0 saturated carbocycles. The van der Waals surface area contributed by atoms with Gasteiger partial charge >= 0.3 is 5.51 Å². The highest BCUT2D eigenvalue weighted by molar-refractivity contribution is 8.00. The van der Waals surface area contributed by atoms with Crippen LogP contribution in [0.25, 0.3) is 5.52 Å². The first-order valence-corrected chi connectivity index (χ1v) is 16.3. The van der Waals surface area contributed by atoms with Crippen LogP contribution in [0.15, 0.2) is 47.6 Å². The van der Waals surface area contributed by atoms with E-state index in [0.717, 1.165) is 24.9 Å². The lowest BCUT2D eigenvalue weighted by Crippen LogP contribution is -2.47. The van der Waals surface area contributed by atoms with E-state index < -0.39 is 12.7 Å². The second-order valence-corrected chi connectivity index (χ2v) is 14.6. The van der Waals surface area contributed by atoms with Crippen LogP contribution in [0.5, 0.6) is 5.75 Å². The van der Waals surface area contributed by atoms with E-state index in [2.05, 4.69) is 27.8 Å². The molecule has 11 heteroatoms. The van der Waals surface area contributed by atoms with Crippen LogP contribution in [0.2, 0.25) is 0 Å². The van der Waals surface area contributed by atoms with E-state index in [4.69, 9.17) is 4.74 Å². The zero-order chi connectivity index (χ0) is 27.8. The Morgan fingerprint density at radius 3 is 2.69 bits per heavy atom. The number of fused-ring (bicyclic) bond motifs is 3. The second-order valence-electron chi connectivity index (χ2n) is 10.4. The number of hydrogen-bond donors (Lipinski definition) is 3. The molecular weight excluding hydrogens is 544 g/mol. The van der Waals surface area contributed by atoms with Gasteiger partial charge in [0, 0.05) is 41.4 Å². The maximum atomic E-state index is 13.5. The largest absolute Gasteiger partial charge is 0.495 e. The number of rotatable bonds is 7. The number of alkyl halides is 3. The molecule has 3 N–H and O–H groups in total. The van der Waals surface area contributed by atoms with E-state index in [1.165, 1.54) is 13.5 Å². The Balaban J connectivity index is 1.40. The molecule has 2 fully saturated rings. The molecule has 3 aromatic rings. The molecule has 4 heterocycles. The molecule has 2 aliphatic heterocycles. The number of anilines is 2. The highest BCUT2D eigenvalue weighted by Crippen LogP contribution is 2.41. The van der Waals surface area contributed by atoms with Crippen molar-refractivity contribution in [3.63, 3.8) is 0 Å². The number of piperidine rings is 1. The summed E-state index contributed by atoms with van der Waals surface area (Å²) in [6.45, 7) is 3.57. The first-order chi connectivity index (χ1) is 18.5. The quantitative estimate of drug-likeness (QED) is 0.183. The summed E-state index contributed by atoms with van der Waals surface area (Å²) in [5, 5.41) is 11.1. The summed E-state index contributed by atoms with van der Waals surface area (Å²) in [6, 6.07) is 11.9. The van der Waals surface area contributed by atoms with Crippen LogP contribution in [-0.4, -0.2) is 55.0 Å². The lowest BCUT2D eigenvalue weighted by atomic mass is 9.99. The predicted molar refractivity (Wildman–Crippen MR) is 153 cm³/mol. The topological polar surface area (TPSA) is 66.8 Å². The standard InChI is InChI=1S/C28H32F3N4O2PS/c1-37-26-17-20(38(2,3)36)10-13-24(26)32-14-4-6-18-16-25-23(34-22-12-9-19-8-11-21(22)33-19)7-5-15-35(25)27(18)39-28(29,30)31/h5,7,10,13,15-17,19,21-22,32-34H,8-9,11-12,14H2,1-3H3/t19-,21-,22-/m1/s1. The van der Waals surface area contributed by atoms with Gasteiger partial charge in [0.2, 0.25) is 0 Å². The Labute approximate surface area is 230 Å². The number of thioether (sulfide) groups is 1. The van der Waals surface area contributed by atoms with Gasteiger partial charge in [-0.05, 0) is 75.4 Å². The first kappa shape index (κ1) is 27.8. The third-order valence-corrected chi connectivity index (χ3v) is 9.67. The van der Waals surface area contributed by atoms with Crippen molar-refractivity contribution in [1.82, 2.24) is 9.72 Å². The van der Waals surface area contributed by atoms with Crippen molar-refractivity contribution < 1.29 is 22.5 Å². The van der Waals surface area contributed by atoms with E-state index in [9.17, 15) is 17.7 Å². The fourth-order valence-corrected chi connectivity index (χ4v) is 6.95. The maximum absolute atomic E-state index is 13.5. The smallest absolute Gasteiger partial charge is 0.447 e. The van der Waals surface area contributed by atoms with Crippen molar-refractivity contribution in [3.8, 4) is 17.6 Å². The lowest BCUT2D eigenvalue weighted by molar-refractivity contribution is -0.0329. The molecule has 0 radical (unpaired) electrons. The van der Waals surface area contributed by atoms with Crippen LogP contribution in [0.3, 0.4) is 0 Å². The fraction of sp³-hybridized carbons (Fsp3) is 0.429.